The monoisotopic (exact) mass is 252 g/mol. The summed E-state index contributed by atoms with van der Waals surface area (Å²) in [6.07, 6.45) is 2.05. The van der Waals surface area contributed by atoms with E-state index in [0.717, 1.165) is 32.8 Å². The second kappa shape index (κ2) is 6.31. The van der Waals surface area contributed by atoms with Gasteiger partial charge in [0.2, 0.25) is 0 Å². The zero-order valence-corrected chi connectivity index (χ0v) is 11.6. The second-order valence-corrected chi connectivity index (χ2v) is 4.72. The standard InChI is InChI=1S/C13H24N4O/c1-4-14-13(11-6-7-15-16(11)3)12-10-17(5-2)8-9-18-12/h6-7,12-14H,4-5,8-10H2,1-3H3. The molecule has 2 heterocycles. The van der Waals surface area contributed by atoms with Gasteiger partial charge >= 0.3 is 0 Å². The van der Waals surface area contributed by atoms with Gasteiger partial charge in [0.1, 0.15) is 0 Å². The van der Waals surface area contributed by atoms with Gasteiger partial charge in [-0.05, 0) is 19.2 Å². The van der Waals surface area contributed by atoms with Crippen molar-refractivity contribution in [2.45, 2.75) is 26.0 Å². The number of ether oxygens (including phenoxy) is 1. The number of hydrogen-bond donors (Lipinski definition) is 1. The third kappa shape index (κ3) is 2.91. The summed E-state index contributed by atoms with van der Waals surface area (Å²) in [6, 6.07) is 2.29. The first-order valence-corrected chi connectivity index (χ1v) is 6.81. The molecule has 1 aliphatic rings. The van der Waals surface area contributed by atoms with Crippen LogP contribution in [-0.2, 0) is 11.8 Å². The molecule has 0 amide bonds. The van der Waals surface area contributed by atoms with Crippen LogP contribution in [0.2, 0.25) is 0 Å². The number of nitrogens with zero attached hydrogens (tertiary/aromatic N) is 3. The van der Waals surface area contributed by atoms with Crippen LogP contribution in [0.25, 0.3) is 0 Å². The number of aromatic nitrogens is 2. The third-order valence-electron chi connectivity index (χ3n) is 3.60. The minimum absolute atomic E-state index is 0.203. The summed E-state index contributed by atoms with van der Waals surface area (Å²) in [6.45, 7) is 9.19. The van der Waals surface area contributed by atoms with Crippen molar-refractivity contribution < 1.29 is 4.74 Å². The average Bonchev–Trinajstić information content (AvgIpc) is 2.82. The topological polar surface area (TPSA) is 42.3 Å². The van der Waals surface area contributed by atoms with Crippen LogP contribution in [0, 0.1) is 0 Å². The smallest absolute Gasteiger partial charge is 0.0912 e. The summed E-state index contributed by atoms with van der Waals surface area (Å²) in [7, 11) is 1.99. The van der Waals surface area contributed by atoms with Gasteiger partial charge in [0.15, 0.2) is 0 Å². The summed E-state index contributed by atoms with van der Waals surface area (Å²) in [5, 5.41) is 7.79. The van der Waals surface area contributed by atoms with Gasteiger partial charge in [-0.25, -0.2) is 0 Å². The lowest BCUT2D eigenvalue weighted by atomic mass is 10.1. The van der Waals surface area contributed by atoms with Crippen molar-refractivity contribution in [2.24, 2.45) is 7.05 Å². The Morgan fingerprint density at radius 1 is 1.56 bits per heavy atom. The number of likely N-dealkylation sites (N-methyl/N-ethyl adjacent to an activating group) is 2. The molecule has 0 radical (unpaired) electrons. The van der Waals surface area contributed by atoms with Gasteiger partial charge in [0.05, 0.1) is 24.4 Å². The highest BCUT2D eigenvalue weighted by Gasteiger charge is 2.29. The number of rotatable bonds is 5. The van der Waals surface area contributed by atoms with Gasteiger partial charge in [0.25, 0.3) is 0 Å². The Labute approximate surface area is 109 Å². The molecule has 5 heteroatoms. The van der Waals surface area contributed by atoms with E-state index in [1.165, 1.54) is 5.69 Å². The zero-order chi connectivity index (χ0) is 13.0. The maximum Gasteiger partial charge on any atom is 0.0912 e. The predicted molar refractivity (Wildman–Crippen MR) is 71.5 cm³/mol. The fourth-order valence-electron chi connectivity index (χ4n) is 2.56. The second-order valence-electron chi connectivity index (χ2n) is 4.72. The van der Waals surface area contributed by atoms with E-state index in [-0.39, 0.29) is 12.1 Å². The Morgan fingerprint density at radius 3 is 3.00 bits per heavy atom. The molecule has 18 heavy (non-hydrogen) atoms. The molecule has 0 bridgehead atoms. The number of aryl methyl sites for hydroxylation is 1. The van der Waals surface area contributed by atoms with Crippen LogP contribution in [0.4, 0.5) is 0 Å². The summed E-state index contributed by atoms with van der Waals surface area (Å²) < 4.78 is 7.89. The molecule has 2 atom stereocenters. The fraction of sp³-hybridized carbons (Fsp3) is 0.769. The maximum atomic E-state index is 5.96. The van der Waals surface area contributed by atoms with Gasteiger partial charge in [-0.3, -0.25) is 9.58 Å². The van der Waals surface area contributed by atoms with E-state index < -0.39 is 0 Å². The summed E-state index contributed by atoms with van der Waals surface area (Å²) in [4.78, 5) is 2.44. The SMILES string of the molecule is CCNC(c1ccnn1C)C1CN(CC)CCO1. The molecule has 1 aliphatic heterocycles. The molecule has 1 aromatic rings. The lowest BCUT2D eigenvalue weighted by Gasteiger charge is -2.36. The van der Waals surface area contributed by atoms with Crippen molar-refractivity contribution in [2.75, 3.05) is 32.8 Å². The molecule has 1 saturated heterocycles. The van der Waals surface area contributed by atoms with Gasteiger partial charge in [-0.2, -0.15) is 5.10 Å². The van der Waals surface area contributed by atoms with E-state index in [9.17, 15) is 0 Å². The third-order valence-corrected chi connectivity index (χ3v) is 3.60. The van der Waals surface area contributed by atoms with Crippen LogP contribution in [0.3, 0.4) is 0 Å². The van der Waals surface area contributed by atoms with Crippen LogP contribution in [-0.4, -0.2) is 53.6 Å². The molecule has 2 unspecified atom stereocenters. The Kier molecular flexibility index (Phi) is 4.74. The van der Waals surface area contributed by atoms with E-state index in [4.69, 9.17) is 4.74 Å². The molecule has 0 aliphatic carbocycles. The van der Waals surface area contributed by atoms with Crippen molar-refractivity contribution in [3.63, 3.8) is 0 Å². The summed E-state index contributed by atoms with van der Waals surface area (Å²) in [5.74, 6) is 0. The van der Waals surface area contributed by atoms with Crippen molar-refractivity contribution in [1.29, 1.82) is 0 Å². The lowest BCUT2D eigenvalue weighted by Crippen LogP contribution is -2.48. The summed E-state index contributed by atoms with van der Waals surface area (Å²) in [5.41, 5.74) is 1.19. The minimum atomic E-state index is 0.203. The highest BCUT2D eigenvalue weighted by molar-refractivity contribution is 5.09. The molecule has 1 N–H and O–H groups in total. The Balaban J connectivity index is 2.12. The largest absolute Gasteiger partial charge is 0.374 e. The zero-order valence-electron chi connectivity index (χ0n) is 11.6. The summed E-state index contributed by atoms with van der Waals surface area (Å²) >= 11 is 0. The quantitative estimate of drug-likeness (QED) is 0.841. The highest BCUT2D eigenvalue weighted by Crippen LogP contribution is 2.21. The molecule has 0 saturated carbocycles. The van der Waals surface area contributed by atoms with Crippen LogP contribution < -0.4 is 5.32 Å². The van der Waals surface area contributed by atoms with Crippen molar-refractivity contribution in [1.82, 2.24) is 20.0 Å². The van der Waals surface area contributed by atoms with E-state index in [2.05, 4.69) is 35.2 Å². The Hall–Kier alpha value is -0.910. The number of morpholine rings is 1. The molecule has 1 fully saturated rings. The number of nitrogens with one attached hydrogen (secondary N) is 1. The first kappa shape index (κ1) is 13.5. The Morgan fingerprint density at radius 2 is 2.39 bits per heavy atom. The highest BCUT2D eigenvalue weighted by atomic mass is 16.5. The van der Waals surface area contributed by atoms with Gasteiger partial charge in [0, 0.05) is 26.3 Å². The minimum Gasteiger partial charge on any atom is -0.374 e. The van der Waals surface area contributed by atoms with Crippen molar-refractivity contribution >= 4 is 0 Å². The Bertz CT molecular complexity index is 366. The fourth-order valence-corrected chi connectivity index (χ4v) is 2.56. The van der Waals surface area contributed by atoms with E-state index in [0.29, 0.717) is 0 Å². The lowest BCUT2D eigenvalue weighted by molar-refractivity contribution is -0.0466. The van der Waals surface area contributed by atoms with Gasteiger partial charge in [-0.15, -0.1) is 0 Å². The van der Waals surface area contributed by atoms with Crippen LogP contribution in [0.15, 0.2) is 12.3 Å². The van der Waals surface area contributed by atoms with Gasteiger partial charge in [-0.1, -0.05) is 13.8 Å². The molecule has 0 spiro atoms. The van der Waals surface area contributed by atoms with E-state index in [1.54, 1.807) is 0 Å². The molecule has 2 rings (SSSR count). The van der Waals surface area contributed by atoms with Gasteiger partial charge < -0.3 is 10.1 Å². The molecule has 102 valence electrons. The van der Waals surface area contributed by atoms with Crippen LogP contribution >= 0.6 is 0 Å². The van der Waals surface area contributed by atoms with Crippen molar-refractivity contribution in [3.8, 4) is 0 Å². The molecular formula is C13H24N4O. The molecular weight excluding hydrogens is 228 g/mol. The average molecular weight is 252 g/mol. The van der Waals surface area contributed by atoms with E-state index in [1.807, 2.05) is 17.9 Å². The normalized spacial score (nSPS) is 23.2. The van der Waals surface area contributed by atoms with Crippen LogP contribution in [0.1, 0.15) is 25.6 Å². The molecule has 1 aromatic heterocycles. The number of hydrogen-bond acceptors (Lipinski definition) is 4. The predicted octanol–water partition coefficient (Wildman–Crippen LogP) is 0.791. The maximum absolute atomic E-state index is 5.96. The first-order valence-electron chi connectivity index (χ1n) is 6.81. The van der Waals surface area contributed by atoms with E-state index >= 15 is 0 Å². The van der Waals surface area contributed by atoms with Crippen molar-refractivity contribution in [3.05, 3.63) is 18.0 Å². The first-order chi connectivity index (χ1) is 8.76. The molecule has 0 aromatic carbocycles. The molecule has 5 nitrogen and oxygen atoms in total. The van der Waals surface area contributed by atoms with Crippen LogP contribution in [0.5, 0.6) is 0 Å².